The minimum atomic E-state index is -0.370. The highest BCUT2D eigenvalue weighted by Gasteiger charge is 2.20. The maximum Gasteiger partial charge on any atom is 0.192 e. The second kappa shape index (κ2) is 8.32. The van der Waals surface area contributed by atoms with Crippen LogP contribution in [0.4, 0.5) is 10.2 Å². The molecule has 1 N–H and O–H groups in total. The molecule has 9 heteroatoms. The van der Waals surface area contributed by atoms with Gasteiger partial charge in [-0.15, -0.1) is 0 Å². The highest BCUT2D eigenvalue weighted by molar-refractivity contribution is 7.98. The Hall–Kier alpha value is -2.39. The molecule has 0 spiro atoms. The lowest BCUT2D eigenvalue weighted by Gasteiger charge is -2.28. The number of aryl methyl sites for hydroxylation is 1. The molecule has 1 aliphatic heterocycles. The van der Waals surface area contributed by atoms with Gasteiger partial charge >= 0.3 is 0 Å². The molecule has 148 valence electrons. The molecule has 0 aliphatic carbocycles. The smallest absolute Gasteiger partial charge is 0.192 e. The van der Waals surface area contributed by atoms with E-state index >= 15 is 0 Å². The number of halogens is 1. The quantitative estimate of drug-likeness (QED) is 0.500. The van der Waals surface area contributed by atoms with Gasteiger partial charge in [0, 0.05) is 25.3 Å². The molecular weight excluding hydrogens is 381 g/mol. The van der Waals surface area contributed by atoms with Crippen LogP contribution >= 0.6 is 11.8 Å². The van der Waals surface area contributed by atoms with E-state index in [4.69, 9.17) is 14.5 Å². The first kappa shape index (κ1) is 18.9. The first-order chi connectivity index (χ1) is 13.7. The van der Waals surface area contributed by atoms with Gasteiger partial charge in [0.1, 0.15) is 11.3 Å². The zero-order chi connectivity index (χ0) is 19.5. The second-order valence-electron chi connectivity index (χ2n) is 6.42. The van der Waals surface area contributed by atoms with Crippen LogP contribution in [0.2, 0.25) is 0 Å². The maximum atomic E-state index is 13.9. The molecule has 0 amide bonds. The van der Waals surface area contributed by atoms with Crippen LogP contribution in [-0.2, 0) is 16.9 Å². The van der Waals surface area contributed by atoms with Crippen molar-refractivity contribution in [2.75, 3.05) is 38.3 Å². The van der Waals surface area contributed by atoms with Crippen molar-refractivity contribution in [2.24, 2.45) is 0 Å². The maximum absolute atomic E-state index is 13.9. The molecule has 1 aromatic carbocycles. The number of hydrogen-bond acceptors (Lipinski definition) is 7. The number of hydrogen-bond donors (Lipinski definition) is 1. The van der Waals surface area contributed by atoms with Gasteiger partial charge in [0.2, 0.25) is 0 Å². The van der Waals surface area contributed by atoms with Crippen LogP contribution in [-0.4, -0.2) is 53.3 Å². The number of ether oxygens (including phenoxy) is 2. The summed E-state index contributed by atoms with van der Waals surface area (Å²) in [6, 6.07) is 4.97. The van der Waals surface area contributed by atoms with Gasteiger partial charge in [-0.3, -0.25) is 0 Å². The number of nitrogens with one attached hydrogen (secondary N) is 1. The van der Waals surface area contributed by atoms with Gasteiger partial charge in [-0.2, -0.15) is 0 Å². The summed E-state index contributed by atoms with van der Waals surface area (Å²) in [6.45, 7) is 4.95. The summed E-state index contributed by atoms with van der Waals surface area (Å²) >= 11 is 1.46. The number of aromatic amines is 1. The summed E-state index contributed by atoms with van der Waals surface area (Å²) < 4.78 is 24.4. The first-order valence-corrected chi connectivity index (χ1v) is 10.2. The standard InChI is InChI=1S/C19H22FN5O2S/c1-3-15-21-16-17(22-15)23-19(24-18(16)25-6-8-27-9-7-25)28-11-12-4-5-14(26-2)13(20)10-12/h4-5,10H,3,6-9,11H2,1-2H3,(H,21,22,23,24). The minimum absolute atomic E-state index is 0.240. The second-order valence-corrected chi connectivity index (χ2v) is 7.36. The topological polar surface area (TPSA) is 76.2 Å². The molecule has 3 heterocycles. The van der Waals surface area contributed by atoms with Crippen molar-refractivity contribution in [3.63, 3.8) is 0 Å². The van der Waals surface area contributed by atoms with E-state index in [2.05, 4.69) is 19.9 Å². The van der Waals surface area contributed by atoms with Gasteiger partial charge in [-0.25, -0.2) is 19.3 Å². The van der Waals surface area contributed by atoms with E-state index in [0.29, 0.717) is 29.8 Å². The zero-order valence-corrected chi connectivity index (χ0v) is 16.7. The number of thioether (sulfide) groups is 1. The SMILES string of the molecule is CCc1nc2nc(SCc3ccc(OC)c(F)c3)nc(N3CCOCC3)c2[nH]1. The molecule has 0 radical (unpaired) electrons. The number of fused-ring (bicyclic) bond motifs is 1. The predicted octanol–water partition coefficient (Wildman–Crippen LogP) is 3.19. The lowest BCUT2D eigenvalue weighted by atomic mass is 10.2. The molecule has 1 saturated heterocycles. The Balaban J connectivity index is 1.62. The van der Waals surface area contributed by atoms with Crippen LogP contribution in [0, 0.1) is 5.82 Å². The van der Waals surface area contributed by atoms with Crippen molar-refractivity contribution in [1.82, 2.24) is 19.9 Å². The third-order valence-electron chi connectivity index (χ3n) is 4.59. The third kappa shape index (κ3) is 3.90. The van der Waals surface area contributed by atoms with Crippen molar-refractivity contribution in [2.45, 2.75) is 24.3 Å². The van der Waals surface area contributed by atoms with Crippen molar-refractivity contribution < 1.29 is 13.9 Å². The van der Waals surface area contributed by atoms with Gasteiger partial charge in [-0.1, -0.05) is 24.8 Å². The molecule has 1 fully saturated rings. The number of nitrogens with zero attached hydrogens (tertiary/aromatic N) is 4. The van der Waals surface area contributed by atoms with Crippen molar-refractivity contribution in [3.05, 3.63) is 35.4 Å². The number of H-pyrrole nitrogens is 1. The Kier molecular flexibility index (Phi) is 5.63. The highest BCUT2D eigenvalue weighted by Crippen LogP contribution is 2.29. The average molecular weight is 403 g/mol. The van der Waals surface area contributed by atoms with E-state index in [1.165, 1.54) is 24.9 Å². The van der Waals surface area contributed by atoms with E-state index in [0.717, 1.165) is 42.2 Å². The number of anilines is 1. The molecule has 4 rings (SSSR count). The lowest BCUT2D eigenvalue weighted by molar-refractivity contribution is 0.122. The van der Waals surface area contributed by atoms with E-state index < -0.39 is 0 Å². The van der Waals surface area contributed by atoms with E-state index in [1.54, 1.807) is 6.07 Å². The van der Waals surface area contributed by atoms with Gasteiger partial charge < -0.3 is 19.4 Å². The molecular formula is C19H22FN5O2S. The monoisotopic (exact) mass is 403 g/mol. The van der Waals surface area contributed by atoms with Crippen molar-refractivity contribution in [1.29, 1.82) is 0 Å². The van der Waals surface area contributed by atoms with Crippen molar-refractivity contribution in [3.8, 4) is 5.75 Å². The fourth-order valence-electron chi connectivity index (χ4n) is 3.09. The summed E-state index contributed by atoms with van der Waals surface area (Å²) in [5.41, 5.74) is 2.37. The summed E-state index contributed by atoms with van der Waals surface area (Å²) in [5.74, 6) is 2.16. The fraction of sp³-hybridized carbons (Fsp3) is 0.421. The van der Waals surface area contributed by atoms with Crippen LogP contribution in [0.25, 0.3) is 11.2 Å². The van der Waals surface area contributed by atoms with Gasteiger partial charge in [0.15, 0.2) is 28.2 Å². The van der Waals surface area contributed by atoms with Gasteiger partial charge in [0.05, 0.1) is 20.3 Å². The summed E-state index contributed by atoms with van der Waals surface area (Å²) in [6.07, 6.45) is 0.798. The Morgan fingerprint density at radius 3 is 2.79 bits per heavy atom. The molecule has 7 nitrogen and oxygen atoms in total. The van der Waals surface area contributed by atoms with E-state index in [1.807, 2.05) is 13.0 Å². The first-order valence-electron chi connectivity index (χ1n) is 9.22. The molecule has 1 aliphatic rings. The number of methoxy groups -OCH3 is 1. The fourth-order valence-corrected chi connectivity index (χ4v) is 3.87. The Morgan fingerprint density at radius 1 is 1.25 bits per heavy atom. The number of rotatable bonds is 6. The number of aromatic nitrogens is 4. The number of benzene rings is 1. The summed E-state index contributed by atoms with van der Waals surface area (Å²) in [7, 11) is 1.46. The molecule has 0 bridgehead atoms. The average Bonchev–Trinajstić information content (AvgIpc) is 3.15. The molecule has 2 aromatic heterocycles. The highest BCUT2D eigenvalue weighted by atomic mass is 32.2. The van der Waals surface area contributed by atoms with E-state index in [9.17, 15) is 4.39 Å². The molecule has 0 saturated carbocycles. The predicted molar refractivity (Wildman–Crippen MR) is 107 cm³/mol. The lowest BCUT2D eigenvalue weighted by Crippen LogP contribution is -2.37. The molecule has 3 aromatic rings. The Bertz CT molecular complexity index is 974. The van der Waals surface area contributed by atoms with Crippen LogP contribution in [0.3, 0.4) is 0 Å². The van der Waals surface area contributed by atoms with Crippen LogP contribution in [0.15, 0.2) is 23.4 Å². The molecule has 28 heavy (non-hydrogen) atoms. The summed E-state index contributed by atoms with van der Waals surface area (Å²) in [4.78, 5) is 19.5. The van der Waals surface area contributed by atoms with Gasteiger partial charge in [0.25, 0.3) is 0 Å². The van der Waals surface area contributed by atoms with Crippen molar-refractivity contribution >= 4 is 28.7 Å². The van der Waals surface area contributed by atoms with Crippen LogP contribution in [0.5, 0.6) is 5.75 Å². The number of imidazole rings is 1. The van der Waals surface area contributed by atoms with Crippen LogP contribution in [0.1, 0.15) is 18.3 Å². The Labute approximate surface area is 166 Å². The third-order valence-corrected chi connectivity index (χ3v) is 5.51. The normalized spacial score (nSPS) is 14.6. The zero-order valence-electron chi connectivity index (χ0n) is 15.9. The summed E-state index contributed by atoms with van der Waals surface area (Å²) in [5, 5.41) is 0.624. The molecule has 0 atom stereocenters. The van der Waals surface area contributed by atoms with E-state index in [-0.39, 0.29) is 11.6 Å². The van der Waals surface area contributed by atoms with Crippen LogP contribution < -0.4 is 9.64 Å². The Morgan fingerprint density at radius 2 is 2.07 bits per heavy atom. The number of morpholine rings is 1. The minimum Gasteiger partial charge on any atom is -0.494 e. The van der Waals surface area contributed by atoms with Gasteiger partial charge in [-0.05, 0) is 17.7 Å². The molecule has 0 unspecified atom stereocenters. The largest absolute Gasteiger partial charge is 0.494 e.